The fourth-order valence-corrected chi connectivity index (χ4v) is 3.09. The van der Waals surface area contributed by atoms with E-state index in [1.54, 1.807) is 0 Å². The quantitative estimate of drug-likeness (QED) is 0.780. The molecule has 0 bridgehead atoms. The van der Waals surface area contributed by atoms with Gasteiger partial charge in [0.25, 0.3) is 0 Å². The summed E-state index contributed by atoms with van der Waals surface area (Å²) < 4.78 is 1.10. The van der Waals surface area contributed by atoms with Gasteiger partial charge in [0.2, 0.25) is 0 Å². The summed E-state index contributed by atoms with van der Waals surface area (Å²) in [5.74, 6) is 0.451. The molecule has 2 rings (SSSR count). The van der Waals surface area contributed by atoms with Crippen LogP contribution in [0.5, 0.6) is 0 Å². The van der Waals surface area contributed by atoms with Crippen molar-refractivity contribution in [3.05, 3.63) is 33.8 Å². The Morgan fingerprint density at radius 1 is 1.18 bits per heavy atom. The third-order valence-corrected chi connectivity index (χ3v) is 4.74. The van der Waals surface area contributed by atoms with Crippen molar-refractivity contribution in [1.82, 2.24) is 0 Å². The van der Waals surface area contributed by atoms with Gasteiger partial charge in [-0.3, -0.25) is 0 Å². The lowest BCUT2D eigenvalue weighted by molar-refractivity contribution is 0.0987. The van der Waals surface area contributed by atoms with Crippen LogP contribution in [0.3, 0.4) is 0 Å². The largest absolute Gasteiger partial charge is 0.388 e. The highest BCUT2D eigenvalue weighted by atomic mass is 79.9. The molecule has 1 aromatic rings. The third kappa shape index (κ3) is 3.32. The zero-order chi connectivity index (χ0) is 12.3. The molecule has 0 saturated heterocycles. The van der Waals surface area contributed by atoms with E-state index in [9.17, 15) is 5.11 Å². The molecule has 0 spiro atoms. The van der Waals surface area contributed by atoms with E-state index in [0.29, 0.717) is 5.92 Å². The molecule has 0 radical (unpaired) electrons. The minimum atomic E-state index is -0.287. The lowest BCUT2D eigenvalue weighted by atomic mass is 9.89. The molecule has 1 saturated carbocycles. The highest BCUT2D eigenvalue weighted by Crippen LogP contribution is 2.34. The van der Waals surface area contributed by atoms with Gasteiger partial charge >= 0.3 is 0 Å². The summed E-state index contributed by atoms with van der Waals surface area (Å²) in [5, 5.41) is 10.5. The van der Waals surface area contributed by atoms with Gasteiger partial charge in [-0.25, -0.2) is 0 Å². The second kappa shape index (κ2) is 6.01. The van der Waals surface area contributed by atoms with E-state index in [1.165, 1.54) is 44.1 Å². The van der Waals surface area contributed by atoms with Gasteiger partial charge in [-0.15, -0.1) is 0 Å². The second-order valence-electron chi connectivity index (χ2n) is 5.21. The Morgan fingerprint density at radius 3 is 2.41 bits per heavy atom. The van der Waals surface area contributed by atoms with Crippen LogP contribution in [0.2, 0.25) is 0 Å². The SMILES string of the molecule is Cc1ccc(C(O)C2CCCCCC2)cc1Br. The third-order valence-electron chi connectivity index (χ3n) is 3.88. The van der Waals surface area contributed by atoms with Crippen LogP contribution in [0.1, 0.15) is 55.8 Å². The molecule has 1 fully saturated rings. The normalized spacial score (nSPS) is 19.9. The average molecular weight is 297 g/mol. The van der Waals surface area contributed by atoms with Crippen LogP contribution in [0.15, 0.2) is 22.7 Å². The first-order valence-corrected chi connectivity index (χ1v) is 7.42. The van der Waals surface area contributed by atoms with E-state index >= 15 is 0 Å². The second-order valence-corrected chi connectivity index (χ2v) is 6.06. The Labute approximate surface area is 112 Å². The number of halogens is 1. The summed E-state index contributed by atoms with van der Waals surface area (Å²) in [5.41, 5.74) is 2.29. The van der Waals surface area contributed by atoms with Crippen LogP contribution in [-0.4, -0.2) is 5.11 Å². The van der Waals surface area contributed by atoms with Gasteiger partial charge in [-0.1, -0.05) is 53.7 Å². The molecule has 1 unspecified atom stereocenters. The molecule has 1 atom stereocenters. The van der Waals surface area contributed by atoms with Gasteiger partial charge in [0.05, 0.1) is 6.10 Å². The van der Waals surface area contributed by atoms with Gasteiger partial charge in [0.1, 0.15) is 0 Å². The van der Waals surface area contributed by atoms with Crippen molar-refractivity contribution in [2.45, 2.75) is 51.6 Å². The molecule has 2 heteroatoms. The minimum absolute atomic E-state index is 0.287. The van der Waals surface area contributed by atoms with E-state index in [-0.39, 0.29) is 6.10 Å². The highest BCUT2D eigenvalue weighted by Gasteiger charge is 2.22. The smallest absolute Gasteiger partial charge is 0.0818 e. The maximum absolute atomic E-state index is 10.5. The molecule has 1 nitrogen and oxygen atoms in total. The average Bonchev–Trinajstić information content (AvgIpc) is 2.60. The van der Waals surface area contributed by atoms with Gasteiger partial charge in [-0.2, -0.15) is 0 Å². The van der Waals surface area contributed by atoms with Gasteiger partial charge in [0, 0.05) is 4.47 Å². The maximum Gasteiger partial charge on any atom is 0.0818 e. The number of aryl methyl sites for hydroxylation is 1. The Bertz CT molecular complexity index is 367. The molecular weight excluding hydrogens is 276 g/mol. The molecule has 17 heavy (non-hydrogen) atoms. The molecule has 0 amide bonds. The van der Waals surface area contributed by atoms with Crippen molar-refractivity contribution in [1.29, 1.82) is 0 Å². The van der Waals surface area contributed by atoms with Crippen molar-refractivity contribution in [3.63, 3.8) is 0 Å². The fourth-order valence-electron chi connectivity index (χ4n) is 2.69. The van der Waals surface area contributed by atoms with E-state index < -0.39 is 0 Å². The summed E-state index contributed by atoms with van der Waals surface area (Å²) in [6.45, 7) is 2.08. The molecule has 0 heterocycles. The zero-order valence-corrected chi connectivity index (χ0v) is 12.0. The monoisotopic (exact) mass is 296 g/mol. The molecular formula is C15H21BrO. The highest BCUT2D eigenvalue weighted by molar-refractivity contribution is 9.10. The first-order valence-electron chi connectivity index (χ1n) is 6.62. The minimum Gasteiger partial charge on any atom is -0.388 e. The summed E-state index contributed by atoms with van der Waals surface area (Å²) in [6, 6.07) is 6.22. The Balaban J connectivity index is 2.11. The summed E-state index contributed by atoms with van der Waals surface area (Å²) in [4.78, 5) is 0. The Morgan fingerprint density at radius 2 is 1.82 bits per heavy atom. The van der Waals surface area contributed by atoms with Gasteiger partial charge in [0.15, 0.2) is 0 Å². The molecule has 0 aromatic heterocycles. The number of hydrogen-bond donors (Lipinski definition) is 1. The Kier molecular flexibility index (Phi) is 4.63. The summed E-state index contributed by atoms with van der Waals surface area (Å²) in [6.07, 6.45) is 7.27. The van der Waals surface area contributed by atoms with Crippen LogP contribution in [0, 0.1) is 12.8 Å². The molecule has 1 aliphatic rings. The van der Waals surface area contributed by atoms with E-state index in [0.717, 1.165) is 10.0 Å². The van der Waals surface area contributed by atoms with Crippen LogP contribution < -0.4 is 0 Å². The topological polar surface area (TPSA) is 20.2 Å². The van der Waals surface area contributed by atoms with Crippen LogP contribution >= 0.6 is 15.9 Å². The van der Waals surface area contributed by atoms with Gasteiger partial charge in [-0.05, 0) is 42.9 Å². The number of aliphatic hydroxyl groups is 1. The molecule has 1 aliphatic carbocycles. The number of rotatable bonds is 2. The van der Waals surface area contributed by atoms with Crippen LogP contribution in [0.25, 0.3) is 0 Å². The summed E-state index contributed by atoms with van der Waals surface area (Å²) in [7, 11) is 0. The van der Waals surface area contributed by atoms with Crippen LogP contribution in [0.4, 0.5) is 0 Å². The number of hydrogen-bond acceptors (Lipinski definition) is 1. The maximum atomic E-state index is 10.5. The van der Waals surface area contributed by atoms with Crippen molar-refractivity contribution in [2.24, 2.45) is 5.92 Å². The van der Waals surface area contributed by atoms with Crippen LogP contribution in [-0.2, 0) is 0 Å². The predicted molar refractivity (Wildman–Crippen MR) is 75.0 cm³/mol. The lowest BCUT2D eigenvalue weighted by Crippen LogP contribution is -2.12. The number of aliphatic hydroxyl groups excluding tert-OH is 1. The first kappa shape index (κ1) is 13.1. The predicted octanol–water partition coefficient (Wildman–Crippen LogP) is 4.76. The van der Waals surface area contributed by atoms with E-state index in [2.05, 4.69) is 41.1 Å². The van der Waals surface area contributed by atoms with Gasteiger partial charge < -0.3 is 5.11 Å². The lowest BCUT2D eigenvalue weighted by Gasteiger charge is -2.22. The van der Waals surface area contributed by atoms with Crippen molar-refractivity contribution in [2.75, 3.05) is 0 Å². The molecule has 94 valence electrons. The summed E-state index contributed by atoms with van der Waals surface area (Å²) >= 11 is 3.54. The van der Waals surface area contributed by atoms with Crippen molar-refractivity contribution >= 4 is 15.9 Å². The van der Waals surface area contributed by atoms with E-state index in [1.807, 2.05) is 0 Å². The standard InChI is InChI=1S/C15H21BrO/c1-11-8-9-13(10-14(11)16)15(17)12-6-4-2-3-5-7-12/h8-10,12,15,17H,2-7H2,1H3. The van der Waals surface area contributed by atoms with Crippen molar-refractivity contribution in [3.8, 4) is 0 Å². The van der Waals surface area contributed by atoms with Crippen molar-refractivity contribution < 1.29 is 5.11 Å². The Hall–Kier alpha value is -0.340. The molecule has 0 aliphatic heterocycles. The van der Waals surface area contributed by atoms with E-state index in [4.69, 9.17) is 0 Å². The first-order chi connectivity index (χ1) is 8.18. The zero-order valence-electron chi connectivity index (χ0n) is 10.5. The number of benzene rings is 1. The molecule has 1 N–H and O–H groups in total. The molecule has 1 aromatic carbocycles. The fraction of sp³-hybridized carbons (Fsp3) is 0.600.